The summed E-state index contributed by atoms with van der Waals surface area (Å²) >= 11 is 0. The summed E-state index contributed by atoms with van der Waals surface area (Å²) in [5.41, 5.74) is 0.428. The van der Waals surface area contributed by atoms with Crippen molar-refractivity contribution < 1.29 is 14.6 Å². The molecule has 0 aromatic carbocycles. The first-order valence-electron chi connectivity index (χ1n) is 6.94. The lowest BCUT2D eigenvalue weighted by Gasteiger charge is -2.34. The third kappa shape index (κ3) is 4.81. The molecule has 3 nitrogen and oxygen atoms in total. The quantitative estimate of drug-likeness (QED) is 0.606. The molecule has 3 unspecified atom stereocenters. The van der Waals surface area contributed by atoms with Gasteiger partial charge in [0.25, 0.3) is 0 Å². The van der Waals surface area contributed by atoms with Crippen molar-refractivity contribution in [2.24, 2.45) is 11.8 Å². The van der Waals surface area contributed by atoms with Crippen LogP contribution in [0.3, 0.4) is 0 Å². The molecule has 0 radical (unpaired) electrons. The van der Waals surface area contributed by atoms with Crippen molar-refractivity contribution in [1.82, 2.24) is 0 Å². The zero-order valence-corrected chi connectivity index (χ0v) is 11.8. The van der Waals surface area contributed by atoms with Gasteiger partial charge in [0.15, 0.2) is 0 Å². The molecule has 0 bridgehead atoms. The highest BCUT2D eigenvalue weighted by Gasteiger charge is 2.32. The molecule has 0 spiro atoms. The summed E-state index contributed by atoms with van der Waals surface area (Å²) in [5, 5.41) is 9.71. The fourth-order valence-corrected chi connectivity index (χ4v) is 2.43. The second-order valence-electron chi connectivity index (χ2n) is 5.92. The summed E-state index contributed by atoms with van der Waals surface area (Å²) in [6.07, 6.45) is 4.08. The maximum atomic E-state index is 11.6. The number of hydrogen-bond acceptors (Lipinski definition) is 3. The zero-order valence-electron chi connectivity index (χ0n) is 11.8. The largest absolute Gasteiger partial charge is 0.459 e. The second kappa shape index (κ2) is 6.93. The van der Waals surface area contributed by atoms with Crippen LogP contribution in [-0.2, 0) is 9.53 Å². The summed E-state index contributed by atoms with van der Waals surface area (Å²) < 4.78 is 5.47. The Hall–Kier alpha value is -0.830. The van der Waals surface area contributed by atoms with Gasteiger partial charge >= 0.3 is 5.97 Å². The predicted octanol–water partition coefficient (Wildman–Crippen LogP) is 3.07. The number of rotatable bonds is 5. The summed E-state index contributed by atoms with van der Waals surface area (Å²) in [4.78, 5) is 11.6. The topological polar surface area (TPSA) is 46.5 Å². The van der Waals surface area contributed by atoms with Crippen molar-refractivity contribution in [2.75, 3.05) is 0 Å². The number of ether oxygens (including phenoxy) is 1. The van der Waals surface area contributed by atoms with E-state index in [9.17, 15) is 9.90 Å². The highest BCUT2D eigenvalue weighted by atomic mass is 16.5. The van der Waals surface area contributed by atoms with E-state index in [4.69, 9.17) is 4.74 Å². The lowest BCUT2D eigenvalue weighted by molar-refractivity contribution is -0.151. The van der Waals surface area contributed by atoms with E-state index in [1.807, 2.05) is 0 Å². The van der Waals surface area contributed by atoms with Crippen molar-refractivity contribution in [2.45, 2.75) is 65.1 Å². The van der Waals surface area contributed by atoms with Crippen molar-refractivity contribution in [3.63, 3.8) is 0 Å². The van der Waals surface area contributed by atoms with Crippen LogP contribution >= 0.6 is 0 Å². The summed E-state index contributed by atoms with van der Waals surface area (Å²) in [5.74, 6) is 0.720. The zero-order chi connectivity index (χ0) is 13.7. The second-order valence-corrected chi connectivity index (χ2v) is 5.92. The van der Waals surface area contributed by atoms with Crippen LogP contribution in [0.1, 0.15) is 52.9 Å². The average Bonchev–Trinajstić information content (AvgIpc) is 2.27. The fraction of sp³-hybridized carbons (Fsp3) is 0.800. The molecule has 0 saturated heterocycles. The van der Waals surface area contributed by atoms with Crippen molar-refractivity contribution in [1.29, 1.82) is 0 Å². The lowest BCUT2D eigenvalue weighted by atomic mass is 9.81. The van der Waals surface area contributed by atoms with Gasteiger partial charge in [-0.05, 0) is 38.0 Å². The highest BCUT2D eigenvalue weighted by molar-refractivity contribution is 5.87. The minimum atomic E-state index is -0.330. The average molecular weight is 254 g/mol. The number of hydrogen-bond donors (Lipinski definition) is 1. The lowest BCUT2D eigenvalue weighted by Crippen LogP contribution is -2.36. The normalized spacial score (nSPS) is 28.2. The van der Waals surface area contributed by atoms with Crippen LogP contribution < -0.4 is 0 Å². The Kier molecular flexibility index (Phi) is 5.86. The van der Waals surface area contributed by atoms with Crippen LogP contribution in [0.2, 0.25) is 0 Å². The van der Waals surface area contributed by atoms with E-state index < -0.39 is 0 Å². The van der Waals surface area contributed by atoms with Crippen molar-refractivity contribution >= 4 is 5.97 Å². The molecule has 0 aromatic heterocycles. The molecular formula is C15H26O3. The molecule has 0 aliphatic heterocycles. The van der Waals surface area contributed by atoms with Gasteiger partial charge in [0.2, 0.25) is 0 Å². The predicted molar refractivity (Wildman–Crippen MR) is 72.1 cm³/mol. The SMILES string of the molecule is C=C(C)C(=O)OC1CC(O)CCC1CCC(C)C. The van der Waals surface area contributed by atoms with Gasteiger partial charge in [-0.3, -0.25) is 0 Å². The summed E-state index contributed by atoms with van der Waals surface area (Å²) in [6, 6.07) is 0. The van der Waals surface area contributed by atoms with E-state index >= 15 is 0 Å². The minimum Gasteiger partial charge on any atom is -0.459 e. The van der Waals surface area contributed by atoms with Gasteiger partial charge in [-0.2, -0.15) is 0 Å². The maximum Gasteiger partial charge on any atom is 0.333 e. The number of aliphatic hydroxyl groups excluding tert-OH is 1. The molecule has 0 amide bonds. The molecule has 0 heterocycles. The van der Waals surface area contributed by atoms with Crippen LogP contribution in [0.5, 0.6) is 0 Å². The maximum absolute atomic E-state index is 11.6. The Bertz CT molecular complexity index is 296. The van der Waals surface area contributed by atoms with E-state index in [1.165, 1.54) is 0 Å². The van der Waals surface area contributed by atoms with Gasteiger partial charge < -0.3 is 9.84 Å². The van der Waals surface area contributed by atoms with E-state index in [2.05, 4.69) is 20.4 Å². The molecule has 1 rings (SSSR count). The first-order valence-corrected chi connectivity index (χ1v) is 6.94. The minimum absolute atomic E-state index is 0.142. The first-order chi connectivity index (χ1) is 8.40. The molecule has 3 heteroatoms. The van der Waals surface area contributed by atoms with Gasteiger partial charge in [0.1, 0.15) is 6.10 Å². The molecule has 18 heavy (non-hydrogen) atoms. The van der Waals surface area contributed by atoms with Crippen LogP contribution in [0.25, 0.3) is 0 Å². The van der Waals surface area contributed by atoms with Gasteiger partial charge in [-0.25, -0.2) is 4.79 Å². The standard InChI is InChI=1S/C15H26O3/c1-10(2)5-6-12-7-8-13(16)9-14(12)18-15(17)11(3)4/h10,12-14,16H,3,5-9H2,1-2,4H3. The van der Waals surface area contributed by atoms with Gasteiger partial charge in [-0.1, -0.05) is 26.8 Å². The number of carbonyl (C=O) groups is 1. The molecular weight excluding hydrogens is 228 g/mol. The van der Waals surface area contributed by atoms with E-state index in [-0.39, 0.29) is 18.2 Å². The summed E-state index contributed by atoms with van der Waals surface area (Å²) in [6.45, 7) is 9.66. The van der Waals surface area contributed by atoms with Crippen molar-refractivity contribution in [3.05, 3.63) is 12.2 Å². The van der Waals surface area contributed by atoms with Crippen LogP contribution in [0, 0.1) is 11.8 Å². The van der Waals surface area contributed by atoms with E-state index in [0.717, 1.165) is 25.7 Å². The Labute approximate surface area is 110 Å². The monoisotopic (exact) mass is 254 g/mol. The summed E-state index contributed by atoms with van der Waals surface area (Å²) in [7, 11) is 0. The Morgan fingerprint density at radius 1 is 1.44 bits per heavy atom. The van der Waals surface area contributed by atoms with Gasteiger partial charge in [-0.15, -0.1) is 0 Å². The highest BCUT2D eigenvalue weighted by Crippen LogP contribution is 2.32. The van der Waals surface area contributed by atoms with Crippen molar-refractivity contribution in [3.8, 4) is 0 Å². The van der Waals surface area contributed by atoms with Crippen LogP contribution in [0.15, 0.2) is 12.2 Å². The van der Waals surface area contributed by atoms with E-state index in [1.54, 1.807) is 6.92 Å². The number of aliphatic hydroxyl groups is 1. The third-order valence-electron chi connectivity index (χ3n) is 3.62. The fourth-order valence-electron chi connectivity index (χ4n) is 2.43. The number of esters is 1. The van der Waals surface area contributed by atoms with Gasteiger partial charge in [0, 0.05) is 12.0 Å². The molecule has 1 saturated carbocycles. The molecule has 1 N–H and O–H groups in total. The first kappa shape index (κ1) is 15.2. The number of carbonyl (C=O) groups excluding carboxylic acids is 1. The van der Waals surface area contributed by atoms with E-state index in [0.29, 0.717) is 23.8 Å². The molecule has 104 valence electrons. The Morgan fingerprint density at radius 2 is 2.11 bits per heavy atom. The Morgan fingerprint density at radius 3 is 2.67 bits per heavy atom. The molecule has 1 fully saturated rings. The smallest absolute Gasteiger partial charge is 0.333 e. The molecule has 1 aliphatic carbocycles. The third-order valence-corrected chi connectivity index (χ3v) is 3.62. The molecule has 0 aromatic rings. The Balaban J connectivity index is 2.56. The van der Waals surface area contributed by atoms with Crippen LogP contribution in [0.4, 0.5) is 0 Å². The molecule has 1 aliphatic rings. The molecule has 3 atom stereocenters. The van der Waals surface area contributed by atoms with Crippen LogP contribution in [-0.4, -0.2) is 23.3 Å². The van der Waals surface area contributed by atoms with Gasteiger partial charge in [0.05, 0.1) is 6.10 Å².